The second-order valence-corrected chi connectivity index (χ2v) is 11.5. The summed E-state index contributed by atoms with van der Waals surface area (Å²) in [6, 6.07) is 3.83. The lowest BCUT2D eigenvalue weighted by Crippen LogP contribution is -2.76. The Labute approximate surface area is 216 Å². The van der Waals surface area contributed by atoms with Gasteiger partial charge < -0.3 is 25.1 Å². The smallest absolute Gasteiger partial charge is 0.227 e. The van der Waals surface area contributed by atoms with Crippen molar-refractivity contribution in [3.63, 3.8) is 0 Å². The van der Waals surface area contributed by atoms with E-state index in [1.54, 1.807) is 17.2 Å². The number of aromatic nitrogens is 4. The molecule has 0 unspecified atom stereocenters. The molecular weight excluding hydrogens is 471 g/mol. The minimum Gasteiger partial charge on any atom is -0.390 e. The molecule has 0 radical (unpaired) electrons. The van der Waals surface area contributed by atoms with Crippen LogP contribution in [0.3, 0.4) is 0 Å². The summed E-state index contributed by atoms with van der Waals surface area (Å²) < 4.78 is 14.7. The molecule has 0 saturated carbocycles. The molecule has 9 nitrogen and oxygen atoms in total. The molecule has 196 valence electrons. The fraction of sp³-hybridized carbons (Fsp3) is 0.556. The van der Waals surface area contributed by atoms with Gasteiger partial charge in [0.2, 0.25) is 5.95 Å². The normalized spacial score (nSPS) is 25.4. The van der Waals surface area contributed by atoms with E-state index in [0.29, 0.717) is 30.5 Å². The number of nitrogens with one attached hydrogen (secondary N) is 1. The van der Waals surface area contributed by atoms with E-state index in [4.69, 9.17) is 9.97 Å². The molecular formula is C27H35FN8O. The number of hydrogen-bond acceptors (Lipinski definition) is 9. The van der Waals surface area contributed by atoms with Crippen molar-refractivity contribution in [1.29, 1.82) is 0 Å². The first-order valence-corrected chi connectivity index (χ1v) is 13.1. The molecule has 10 heteroatoms. The zero-order valence-corrected chi connectivity index (χ0v) is 21.9. The van der Waals surface area contributed by atoms with Crippen molar-refractivity contribution in [3.8, 4) is 0 Å². The van der Waals surface area contributed by atoms with E-state index in [0.717, 1.165) is 41.8 Å². The number of rotatable bonds is 5. The summed E-state index contributed by atoms with van der Waals surface area (Å²) >= 11 is 0. The van der Waals surface area contributed by atoms with Crippen molar-refractivity contribution in [1.82, 2.24) is 24.8 Å². The summed E-state index contributed by atoms with van der Waals surface area (Å²) in [5, 5.41) is 15.5. The first kappa shape index (κ1) is 24.2. The Morgan fingerprint density at radius 2 is 1.89 bits per heavy atom. The van der Waals surface area contributed by atoms with Crippen molar-refractivity contribution < 1.29 is 9.50 Å². The molecule has 3 fully saturated rings. The molecule has 37 heavy (non-hydrogen) atoms. The second kappa shape index (κ2) is 8.73. The third-order valence-corrected chi connectivity index (χ3v) is 8.17. The third kappa shape index (κ3) is 4.16. The van der Waals surface area contributed by atoms with Crippen LogP contribution in [0.25, 0.3) is 10.8 Å². The maximum absolute atomic E-state index is 14.7. The van der Waals surface area contributed by atoms with Crippen LogP contribution in [0.5, 0.6) is 0 Å². The fourth-order valence-electron chi connectivity index (χ4n) is 6.10. The van der Waals surface area contributed by atoms with Gasteiger partial charge in [0, 0.05) is 49.3 Å². The minimum absolute atomic E-state index is 0.0474. The van der Waals surface area contributed by atoms with Crippen LogP contribution in [0, 0.1) is 0 Å². The van der Waals surface area contributed by atoms with Gasteiger partial charge in [-0.15, -0.1) is 0 Å². The number of fused-ring (bicyclic) bond motifs is 1. The van der Waals surface area contributed by atoms with Crippen molar-refractivity contribution in [2.24, 2.45) is 0 Å². The molecule has 3 aliphatic heterocycles. The van der Waals surface area contributed by atoms with Gasteiger partial charge in [0.15, 0.2) is 5.67 Å². The standard InChI is InChI=1S/C27H35FN8O/c1-17(2)24-18-11-23(30-12-19(18)20(13-31-24)36-10-7-27(36)15-34(4)16-27)32-22-5-8-29-25(33-22)35-9-6-21(37)26(3,28)14-35/h5,8,11-13,17,21,37H,6-7,9-10,14-16H2,1-4H3,(H,29,30,32,33)/t21-,26+/m1/s1. The highest BCUT2D eigenvalue weighted by Crippen LogP contribution is 2.44. The summed E-state index contributed by atoms with van der Waals surface area (Å²) in [4.78, 5) is 25.3. The highest BCUT2D eigenvalue weighted by Gasteiger charge is 2.52. The molecule has 3 aromatic rings. The Balaban J connectivity index is 1.29. The van der Waals surface area contributed by atoms with E-state index >= 15 is 0 Å². The SMILES string of the molecule is CC(C)c1ncc(N2CCC23CN(C)C3)c2cnc(Nc3ccnc(N4CC[C@@H](O)[C@@](C)(F)C4)n3)cc12. The van der Waals surface area contributed by atoms with Gasteiger partial charge in [-0.2, -0.15) is 4.98 Å². The minimum atomic E-state index is -1.70. The summed E-state index contributed by atoms with van der Waals surface area (Å²) in [7, 11) is 2.17. The van der Waals surface area contributed by atoms with Gasteiger partial charge >= 0.3 is 0 Å². The summed E-state index contributed by atoms with van der Waals surface area (Å²) in [5.41, 5.74) is 0.731. The van der Waals surface area contributed by atoms with E-state index in [-0.39, 0.29) is 18.0 Å². The number of alkyl halides is 1. The number of nitrogens with zero attached hydrogens (tertiary/aromatic N) is 7. The molecule has 0 bridgehead atoms. The predicted molar refractivity (Wildman–Crippen MR) is 143 cm³/mol. The lowest BCUT2D eigenvalue weighted by molar-refractivity contribution is -0.00860. The van der Waals surface area contributed by atoms with Crippen LogP contribution >= 0.6 is 0 Å². The van der Waals surface area contributed by atoms with Crippen LogP contribution in [-0.4, -0.2) is 87.0 Å². The number of likely N-dealkylation sites (N-methyl/N-ethyl adjacent to an activating group) is 1. The molecule has 0 aliphatic carbocycles. The Kier molecular flexibility index (Phi) is 5.72. The van der Waals surface area contributed by atoms with Gasteiger partial charge in [0.05, 0.1) is 35.8 Å². The monoisotopic (exact) mass is 506 g/mol. The topological polar surface area (TPSA) is 93.5 Å². The maximum Gasteiger partial charge on any atom is 0.227 e. The summed E-state index contributed by atoms with van der Waals surface area (Å²) in [5.74, 6) is 1.95. The number of likely N-dealkylation sites (tertiary alicyclic amines) is 1. The Hall–Kier alpha value is -3.11. The number of halogens is 1. The van der Waals surface area contributed by atoms with Crippen molar-refractivity contribution in [2.45, 2.75) is 56.8 Å². The van der Waals surface area contributed by atoms with Crippen LogP contribution in [0.1, 0.15) is 45.2 Å². The number of aliphatic hydroxyl groups excluding tert-OH is 1. The Morgan fingerprint density at radius 3 is 2.57 bits per heavy atom. The van der Waals surface area contributed by atoms with E-state index < -0.39 is 11.8 Å². The van der Waals surface area contributed by atoms with Gasteiger partial charge in [0.1, 0.15) is 11.6 Å². The van der Waals surface area contributed by atoms with Crippen molar-refractivity contribution >= 4 is 34.0 Å². The Bertz CT molecular complexity index is 1330. The van der Waals surface area contributed by atoms with Gasteiger partial charge in [-0.1, -0.05) is 13.8 Å². The molecule has 3 aromatic heterocycles. The lowest BCUT2D eigenvalue weighted by atomic mass is 9.77. The molecule has 1 spiro atoms. The molecule has 2 N–H and O–H groups in total. The van der Waals surface area contributed by atoms with E-state index in [2.05, 4.69) is 52.0 Å². The van der Waals surface area contributed by atoms with E-state index in [9.17, 15) is 9.50 Å². The van der Waals surface area contributed by atoms with Crippen molar-refractivity contribution in [2.75, 3.05) is 54.9 Å². The molecule has 2 atom stereocenters. The number of anilines is 4. The first-order chi connectivity index (χ1) is 17.6. The Morgan fingerprint density at radius 1 is 1.08 bits per heavy atom. The van der Waals surface area contributed by atoms with E-state index in [1.165, 1.54) is 13.3 Å². The van der Waals surface area contributed by atoms with Crippen LogP contribution in [0.2, 0.25) is 0 Å². The van der Waals surface area contributed by atoms with Crippen LogP contribution in [0.15, 0.2) is 30.7 Å². The maximum atomic E-state index is 14.7. The predicted octanol–water partition coefficient (Wildman–Crippen LogP) is 3.48. The molecule has 6 heterocycles. The first-order valence-electron chi connectivity index (χ1n) is 13.1. The zero-order chi connectivity index (χ0) is 25.9. The number of hydrogen-bond donors (Lipinski definition) is 2. The molecule has 3 aliphatic rings. The van der Waals surface area contributed by atoms with Gasteiger partial charge in [-0.3, -0.25) is 4.98 Å². The molecule has 3 saturated heterocycles. The number of aliphatic hydroxyl groups is 1. The summed E-state index contributed by atoms with van der Waals surface area (Å²) in [6.07, 6.45) is 6.20. The van der Waals surface area contributed by atoms with Crippen LogP contribution in [0.4, 0.5) is 27.7 Å². The largest absolute Gasteiger partial charge is 0.390 e. The zero-order valence-electron chi connectivity index (χ0n) is 21.9. The highest BCUT2D eigenvalue weighted by atomic mass is 19.1. The van der Waals surface area contributed by atoms with Crippen molar-refractivity contribution in [3.05, 3.63) is 36.4 Å². The fourth-order valence-corrected chi connectivity index (χ4v) is 6.10. The third-order valence-electron chi connectivity index (χ3n) is 8.17. The lowest BCUT2D eigenvalue weighted by Gasteiger charge is -2.63. The number of pyridine rings is 2. The van der Waals surface area contributed by atoms with Gasteiger partial charge in [-0.25, -0.2) is 14.4 Å². The molecule has 0 amide bonds. The van der Waals surface area contributed by atoms with Crippen LogP contribution < -0.4 is 15.1 Å². The second-order valence-electron chi connectivity index (χ2n) is 11.5. The molecule has 0 aromatic carbocycles. The quantitative estimate of drug-likeness (QED) is 0.539. The average Bonchev–Trinajstić information content (AvgIpc) is 2.83. The summed E-state index contributed by atoms with van der Waals surface area (Å²) in [6.45, 7) is 9.50. The van der Waals surface area contributed by atoms with Gasteiger partial charge in [-0.05, 0) is 44.9 Å². The highest BCUT2D eigenvalue weighted by molar-refractivity contribution is 5.97. The average molecular weight is 507 g/mol. The van der Waals surface area contributed by atoms with Gasteiger partial charge in [0.25, 0.3) is 0 Å². The molecule has 6 rings (SSSR count). The van der Waals surface area contributed by atoms with E-state index in [1.807, 2.05) is 12.4 Å². The van der Waals surface area contributed by atoms with Crippen LogP contribution in [-0.2, 0) is 0 Å². The number of piperidine rings is 1.